The van der Waals surface area contributed by atoms with Gasteiger partial charge in [-0.25, -0.2) is 4.79 Å². The van der Waals surface area contributed by atoms with Crippen molar-refractivity contribution in [2.45, 2.75) is 46.2 Å². The van der Waals surface area contributed by atoms with Crippen molar-refractivity contribution in [3.8, 4) is 0 Å². The van der Waals surface area contributed by atoms with Gasteiger partial charge in [-0.15, -0.1) is 0 Å². The summed E-state index contributed by atoms with van der Waals surface area (Å²) in [6.45, 7) is 6.54. The van der Waals surface area contributed by atoms with E-state index in [9.17, 15) is 9.59 Å². The predicted molar refractivity (Wildman–Crippen MR) is 114 cm³/mol. The Labute approximate surface area is 172 Å². The van der Waals surface area contributed by atoms with E-state index in [1.165, 1.54) is 0 Å². The second-order valence-corrected chi connectivity index (χ2v) is 7.27. The van der Waals surface area contributed by atoms with Crippen molar-refractivity contribution in [1.29, 1.82) is 0 Å². The fourth-order valence-corrected chi connectivity index (χ4v) is 3.57. The van der Waals surface area contributed by atoms with E-state index in [2.05, 4.69) is 5.32 Å². The van der Waals surface area contributed by atoms with Gasteiger partial charge in [-0.1, -0.05) is 48.0 Å². The highest BCUT2D eigenvalue weighted by Gasteiger charge is 2.32. The first kappa shape index (κ1) is 20.6. The maximum atomic E-state index is 12.8. The van der Waals surface area contributed by atoms with E-state index in [-0.39, 0.29) is 11.9 Å². The molecular formula is C24H28N2O3. The molecule has 0 saturated heterocycles. The second kappa shape index (κ2) is 9.41. The van der Waals surface area contributed by atoms with Crippen LogP contribution < -0.4 is 5.32 Å². The molecule has 1 aliphatic rings. The zero-order valence-electron chi connectivity index (χ0n) is 17.3. The van der Waals surface area contributed by atoms with Gasteiger partial charge in [-0.2, -0.15) is 0 Å². The number of anilines is 1. The van der Waals surface area contributed by atoms with Crippen molar-refractivity contribution >= 4 is 17.6 Å². The summed E-state index contributed by atoms with van der Waals surface area (Å²) >= 11 is 0. The zero-order valence-corrected chi connectivity index (χ0v) is 17.3. The first-order valence-corrected chi connectivity index (χ1v) is 10.0. The molecule has 1 amide bonds. The first-order chi connectivity index (χ1) is 14.0. The lowest BCUT2D eigenvalue weighted by molar-refractivity contribution is -0.143. The number of hydrogen-bond acceptors (Lipinski definition) is 4. The molecule has 1 atom stereocenters. The molecule has 152 valence electrons. The molecule has 5 heteroatoms. The highest BCUT2D eigenvalue weighted by atomic mass is 16.5. The van der Waals surface area contributed by atoms with Crippen molar-refractivity contribution in [1.82, 2.24) is 4.90 Å². The first-order valence-electron chi connectivity index (χ1n) is 10.0. The largest absolute Gasteiger partial charge is 0.464 e. The number of nitrogens with one attached hydrogen (secondary N) is 1. The summed E-state index contributed by atoms with van der Waals surface area (Å²) in [4.78, 5) is 27.2. The maximum absolute atomic E-state index is 12.8. The van der Waals surface area contributed by atoms with Crippen LogP contribution in [0.2, 0.25) is 0 Å². The summed E-state index contributed by atoms with van der Waals surface area (Å²) in [5.74, 6) is -0.246. The van der Waals surface area contributed by atoms with Gasteiger partial charge < -0.3 is 15.0 Å². The van der Waals surface area contributed by atoms with E-state index in [0.29, 0.717) is 26.0 Å². The molecule has 0 spiro atoms. The average molecular weight is 392 g/mol. The fourth-order valence-electron chi connectivity index (χ4n) is 3.57. The highest BCUT2D eigenvalue weighted by Crippen LogP contribution is 2.29. The Morgan fingerprint density at radius 3 is 2.41 bits per heavy atom. The Hall–Kier alpha value is -3.08. The van der Waals surface area contributed by atoms with Crippen molar-refractivity contribution in [2.75, 3.05) is 11.9 Å². The molecule has 1 heterocycles. The topological polar surface area (TPSA) is 58.6 Å². The number of benzene rings is 2. The van der Waals surface area contributed by atoms with Crippen molar-refractivity contribution in [2.24, 2.45) is 0 Å². The molecule has 0 bridgehead atoms. The van der Waals surface area contributed by atoms with Crippen LogP contribution in [0, 0.1) is 6.92 Å². The zero-order chi connectivity index (χ0) is 20.8. The van der Waals surface area contributed by atoms with E-state index in [1.54, 1.807) is 11.8 Å². The smallest absolute Gasteiger partial charge is 0.332 e. The van der Waals surface area contributed by atoms with E-state index < -0.39 is 6.04 Å². The molecule has 2 aromatic carbocycles. The Bertz CT molecular complexity index is 888. The summed E-state index contributed by atoms with van der Waals surface area (Å²) < 4.78 is 5.34. The SMILES string of the molecule is CCOC(=O)C(Nc1ccc(C)cc1)C1=C(C)N(Cc2ccccc2)C(=O)CC1. The minimum absolute atomic E-state index is 0.0769. The standard InChI is InChI=1S/C24H28N2O3/c1-4-29-24(28)23(25-20-12-10-17(2)11-13-20)21-14-15-22(27)26(18(21)3)16-19-8-6-5-7-9-19/h5-13,23,25H,4,14-16H2,1-3H3. The number of esters is 1. The third-order valence-corrected chi connectivity index (χ3v) is 5.20. The van der Waals surface area contributed by atoms with E-state index in [1.807, 2.05) is 68.4 Å². The Kier molecular flexibility index (Phi) is 6.70. The van der Waals surface area contributed by atoms with Crippen LogP contribution in [0.1, 0.15) is 37.8 Å². The van der Waals surface area contributed by atoms with Crippen LogP contribution in [0.15, 0.2) is 65.9 Å². The van der Waals surface area contributed by atoms with Crippen LogP contribution >= 0.6 is 0 Å². The number of amides is 1. The van der Waals surface area contributed by atoms with Gasteiger partial charge >= 0.3 is 5.97 Å². The lowest BCUT2D eigenvalue weighted by Crippen LogP contribution is -2.40. The molecule has 0 aromatic heterocycles. The van der Waals surface area contributed by atoms with Gasteiger partial charge in [0.2, 0.25) is 5.91 Å². The van der Waals surface area contributed by atoms with E-state index in [4.69, 9.17) is 4.74 Å². The number of nitrogens with zero attached hydrogens (tertiary/aromatic N) is 1. The lowest BCUT2D eigenvalue weighted by Gasteiger charge is -2.33. The molecule has 0 radical (unpaired) electrons. The lowest BCUT2D eigenvalue weighted by atomic mass is 9.94. The molecule has 1 N–H and O–H groups in total. The van der Waals surface area contributed by atoms with Crippen LogP contribution in [0.25, 0.3) is 0 Å². The molecular weight excluding hydrogens is 364 g/mol. The third kappa shape index (κ3) is 5.05. The normalized spacial score (nSPS) is 15.3. The molecule has 0 fully saturated rings. The summed E-state index contributed by atoms with van der Waals surface area (Å²) in [5.41, 5.74) is 4.78. The quantitative estimate of drug-likeness (QED) is 0.708. The maximum Gasteiger partial charge on any atom is 0.332 e. The molecule has 29 heavy (non-hydrogen) atoms. The third-order valence-electron chi connectivity index (χ3n) is 5.20. The van der Waals surface area contributed by atoms with Crippen LogP contribution in [-0.2, 0) is 20.9 Å². The Balaban J connectivity index is 1.92. The van der Waals surface area contributed by atoms with E-state index >= 15 is 0 Å². The number of hydrogen-bond donors (Lipinski definition) is 1. The van der Waals surface area contributed by atoms with Crippen LogP contribution in [0.3, 0.4) is 0 Å². The van der Waals surface area contributed by atoms with Gasteiger partial charge in [0.15, 0.2) is 0 Å². The number of ether oxygens (including phenoxy) is 1. The Morgan fingerprint density at radius 2 is 1.76 bits per heavy atom. The number of rotatable bonds is 7. The van der Waals surface area contributed by atoms with Gasteiger partial charge in [0.05, 0.1) is 13.2 Å². The van der Waals surface area contributed by atoms with Gasteiger partial charge in [0, 0.05) is 17.8 Å². The average Bonchev–Trinajstić information content (AvgIpc) is 2.72. The van der Waals surface area contributed by atoms with Crippen LogP contribution in [0.4, 0.5) is 5.69 Å². The molecule has 5 nitrogen and oxygen atoms in total. The minimum atomic E-state index is -0.621. The summed E-state index contributed by atoms with van der Waals surface area (Å²) in [7, 11) is 0. The molecule has 0 aliphatic carbocycles. The Morgan fingerprint density at radius 1 is 1.07 bits per heavy atom. The van der Waals surface area contributed by atoms with Crippen molar-refractivity contribution in [3.05, 3.63) is 77.0 Å². The van der Waals surface area contributed by atoms with Crippen molar-refractivity contribution < 1.29 is 14.3 Å². The molecule has 3 rings (SSSR count). The monoisotopic (exact) mass is 392 g/mol. The summed E-state index contributed by atoms with van der Waals surface area (Å²) in [6.07, 6.45) is 0.920. The predicted octanol–water partition coefficient (Wildman–Crippen LogP) is 4.44. The van der Waals surface area contributed by atoms with Crippen molar-refractivity contribution in [3.63, 3.8) is 0 Å². The van der Waals surface area contributed by atoms with Gasteiger partial charge in [0.1, 0.15) is 6.04 Å². The molecule has 0 saturated carbocycles. The number of aryl methyl sites for hydroxylation is 1. The highest BCUT2D eigenvalue weighted by molar-refractivity contribution is 5.86. The van der Waals surface area contributed by atoms with Gasteiger partial charge in [0.25, 0.3) is 0 Å². The van der Waals surface area contributed by atoms with Gasteiger partial charge in [-0.05, 0) is 50.5 Å². The number of carbonyl (C=O) groups is 2. The minimum Gasteiger partial charge on any atom is -0.464 e. The van der Waals surface area contributed by atoms with Crippen LogP contribution in [-0.4, -0.2) is 29.4 Å². The number of allylic oxidation sites excluding steroid dienone is 1. The molecule has 1 aliphatic heterocycles. The van der Waals surface area contributed by atoms with Crippen LogP contribution in [0.5, 0.6) is 0 Å². The molecule has 2 aromatic rings. The van der Waals surface area contributed by atoms with Gasteiger partial charge in [-0.3, -0.25) is 4.79 Å². The second-order valence-electron chi connectivity index (χ2n) is 7.27. The summed E-state index contributed by atoms with van der Waals surface area (Å²) in [5, 5.41) is 3.32. The fraction of sp³-hybridized carbons (Fsp3) is 0.333. The molecule has 1 unspecified atom stereocenters. The van der Waals surface area contributed by atoms with E-state index in [0.717, 1.165) is 28.1 Å². The summed E-state index contributed by atoms with van der Waals surface area (Å²) in [6, 6.07) is 17.2. The number of carbonyl (C=O) groups excluding carboxylic acids is 2.